The number of nitrogens with one attached hydrogen (secondary N) is 2. The molecule has 2 N–H and O–H groups in total. The molecule has 0 atom stereocenters. The van der Waals surface area contributed by atoms with Crippen LogP contribution >= 0.6 is 15.9 Å². The highest BCUT2D eigenvalue weighted by atomic mass is 79.9. The van der Waals surface area contributed by atoms with Gasteiger partial charge in [0.1, 0.15) is 0 Å². The smallest absolute Gasteiger partial charge is 0.241 e. The zero-order chi connectivity index (χ0) is 14.6. The molecule has 2 rings (SSSR count). The van der Waals surface area contributed by atoms with Gasteiger partial charge in [-0.3, -0.25) is 0 Å². The van der Waals surface area contributed by atoms with Crippen LogP contribution in [0.4, 0.5) is 0 Å². The molecule has 1 aromatic carbocycles. The lowest BCUT2D eigenvalue weighted by Gasteiger charge is -2.26. The number of hydrogen-bond donors (Lipinski definition) is 2. The number of sulfonamides is 1. The molecule has 0 unspecified atom stereocenters. The number of benzene rings is 1. The van der Waals surface area contributed by atoms with Crippen molar-refractivity contribution in [1.29, 1.82) is 0 Å². The fourth-order valence-corrected chi connectivity index (χ4v) is 4.40. The van der Waals surface area contributed by atoms with Gasteiger partial charge in [0.15, 0.2) is 0 Å². The third-order valence-electron chi connectivity index (χ3n) is 3.47. The van der Waals surface area contributed by atoms with Crippen molar-refractivity contribution in [3.63, 3.8) is 0 Å². The molecule has 0 amide bonds. The van der Waals surface area contributed by atoms with E-state index < -0.39 is 10.0 Å². The predicted octanol–water partition coefficient (Wildman–Crippen LogP) is 2.78. The van der Waals surface area contributed by atoms with E-state index in [-0.39, 0.29) is 6.04 Å². The zero-order valence-electron chi connectivity index (χ0n) is 11.7. The highest BCUT2D eigenvalue weighted by Gasteiger charge is 2.26. The summed E-state index contributed by atoms with van der Waals surface area (Å²) in [4.78, 5) is 0.334. The van der Waals surface area contributed by atoms with E-state index in [4.69, 9.17) is 0 Å². The van der Waals surface area contributed by atoms with Gasteiger partial charge in [-0.1, -0.05) is 19.4 Å². The second-order valence-corrected chi connectivity index (χ2v) is 7.73. The summed E-state index contributed by atoms with van der Waals surface area (Å²) < 4.78 is 28.1. The number of rotatable bonds is 7. The van der Waals surface area contributed by atoms with Gasteiger partial charge in [-0.15, -0.1) is 0 Å². The summed E-state index contributed by atoms with van der Waals surface area (Å²) in [6, 6.07) is 5.59. The molecule has 6 heteroatoms. The molecule has 0 aliphatic heterocycles. The second kappa shape index (κ2) is 7.02. The van der Waals surface area contributed by atoms with Gasteiger partial charge in [-0.2, -0.15) is 0 Å². The molecule has 1 fully saturated rings. The van der Waals surface area contributed by atoms with Crippen LogP contribution in [0.25, 0.3) is 0 Å². The Bertz CT molecular complexity index is 556. The summed E-state index contributed by atoms with van der Waals surface area (Å²) in [6.45, 7) is 3.72. The maximum absolute atomic E-state index is 12.4. The van der Waals surface area contributed by atoms with Crippen LogP contribution in [0.15, 0.2) is 27.6 Å². The summed E-state index contributed by atoms with van der Waals surface area (Å²) in [7, 11) is -3.43. The first kappa shape index (κ1) is 15.9. The second-order valence-electron chi connectivity index (χ2n) is 5.19. The lowest BCUT2D eigenvalue weighted by atomic mass is 9.94. The molecule has 1 aliphatic rings. The lowest BCUT2D eigenvalue weighted by Crippen LogP contribution is -2.39. The molecule has 0 saturated heterocycles. The SMILES string of the molecule is CCCNCc1ccc(Br)c(S(=O)(=O)NC2CCC2)c1. The minimum absolute atomic E-state index is 0.105. The Kier molecular flexibility index (Phi) is 5.60. The maximum Gasteiger partial charge on any atom is 0.241 e. The molecule has 0 aromatic heterocycles. The fourth-order valence-electron chi connectivity index (χ4n) is 2.08. The Morgan fingerprint density at radius 3 is 2.70 bits per heavy atom. The summed E-state index contributed by atoms with van der Waals surface area (Å²) in [5.41, 5.74) is 0.982. The minimum Gasteiger partial charge on any atom is -0.313 e. The molecule has 1 saturated carbocycles. The van der Waals surface area contributed by atoms with E-state index in [1.165, 1.54) is 0 Å². The number of hydrogen-bond acceptors (Lipinski definition) is 3. The quantitative estimate of drug-likeness (QED) is 0.735. The van der Waals surface area contributed by atoms with Crippen molar-refractivity contribution >= 4 is 26.0 Å². The Balaban J connectivity index is 2.14. The first-order valence-electron chi connectivity index (χ1n) is 7.04. The third-order valence-corrected chi connectivity index (χ3v) is 5.98. The van der Waals surface area contributed by atoms with Gasteiger partial charge in [0.05, 0.1) is 4.90 Å². The average Bonchev–Trinajstić information content (AvgIpc) is 2.36. The van der Waals surface area contributed by atoms with Crippen LogP contribution in [-0.2, 0) is 16.6 Å². The number of halogens is 1. The standard InChI is InChI=1S/C14H21BrN2O2S/c1-2-8-16-10-11-6-7-13(15)14(9-11)20(18,19)17-12-4-3-5-12/h6-7,9,12,16-17H,2-5,8,10H2,1H3. The molecule has 0 bridgehead atoms. The normalized spacial score (nSPS) is 16.1. The van der Waals surface area contributed by atoms with Gasteiger partial charge in [0.25, 0.3) is 0 Å². The zero-order valence-corrected chi connectivity index (χ0v) is 14.1. The van der Waals surface area contributed by atoms with Crippen molar-refractivity contribution in [3.05, 3.63) is 28.2 Å². The van der Waals surface area contributed by atoms with Gasteiger partial charge in [0.2, 0.25) is 10.0 Å². The van der Waals surface area contributed by atoms with Crippen molar-refractivity contribution in [1.82, 2.24) is 10.0 Å². The highest BCUT2D eigenvalue weighted by molar-refractivity contribution is 9.10. The van der Waals surface area contributed by atoms with Crippen LogP contribution in [0.2, 0.25) is 0 Å². The minimum atomic E-state index is -3.43. The maximum atomic E-state index is 12.4. The van der Waals surface area contributed by atoms with Crippen molar-refractivity contribution in [2.24, 2.45) is 0 Å². The van der Waals surface area contributed by atoms with Crippen LogP contribution < -0.4 is 10.0 Å². The molecule has 0 spiro atoms. The van der Waals surface area contributed by atoms with Crippen LogP contribution in [0, 0.1) is 0 Å². The Hall–Kier alpha value is -0.430. The Morgan fingerprint density at radius 2 is 2.10 bits per heavy atom. The molecule has 1 aromatic rings. The first-order chi connectivity index (χ1) is 9.53. The van der Waals surface area contributed by atoms with Gasteiger partial charge < -0.3 is 5.32 Å². The molecule has 20 heavy (non-hydrogen) atoms. The van der Waals surface area contributed by atoms with Crippen LogP contribution in [0.3, 0.4) is 0 Å². The van der Waals surface area contributed by atoms with E-state index in [2.05, 4.69) is 32.9 Å². The first-order valence-corrected chi connectivity index (χ1v) is 9.32. The predicted molar refractivity (Wildman–Crippen MR) is 84.1 cm³/mol. The fraction of sp³-hybridized carbons (Fsp3) is 0.571. The highest BCUT2D eigenvalue weighted by Crippen LogP contribution is 2.26. The summed E-state index contributed by atoms with van der Waals surface area (Å²) in [6.07, 6.45) is 4.05. The van der Waals surface area contributed by atoms with E-state index in [1.54, 1.807) is 12.1 Å². The average molecular weight is 361 g/mol. The summed E-state index contributed by atoms with van der Waals surface area (Å²) in [5.74, 6) is 0. The monoisotopic (exact) mass is 360 g/mol. The molecular formula is C14H21BrN2O2S. The third kappa shape index (κ3) is 4.04. The molecule has 112 valence electrons. The molecule has 4 nitrogen and oxygen atoms in total. The Labute approximate surface area is 129 Å². The van der Waals surface area contributed by atoms with Gasteiger partial charge >= 0.3 is 0 Å². The van der Waals surface area contributed by atoms with Crippen molar-refractivity contribution in [3.8, 4) is 0 Å². The van der Waals surface area contributed by atoms with Crippen LogP contribution in [0.1, 0.15) is 38.2 Å². The Morgan fingerprint density at radius 1 is 1.35 bits per heavy atom. The van der Waals surface area contributed by atoms with Crippen molar-refractivity contribution < 1.29 is 8.42 Å². The van der Waals surface area contributed by atoms with E-state index in [9.17, 15) is 8.42 Å². The van der Waals surface area contributed by atoms with E-state index in [0.29, 0.717) is 15.9 Å². The van der Waals surface area contributed by atoms with E-state index in [1.807, 2.05) is 6.07 Å². The largest absolute Gasteiger partial charge is 0.313 e. The van der Waals surface area contributed by atoms with E-state index in [0.717, 1.165) is 37.8 Å². The molecule has 0 radical (unpaired) electrons. The van der Waals surface area contributed by atoms with Gasteiger partial charge in [0, 0.05) is 17.1 Å². The summed E-state index contributed by atoms with van der Waals surface area (Å²) in [5, 5.41) is 3.28. The van der Waals surface area contributed by atoms with Crippen molar-refractivity contribution in [2.75, 3.05) is 6.54 Å². The molecule has 1 aliphatic carbocycles. The van der Waals surface area contributed by atoms with Crippen molar-refractivity contribution in [2.45, 2.75) is 50.1 Å². The van der Waals surface area contributed by atoms with Gasteiger partial charge in [-0.05, 0) is 59.4 Å². The summed E-state index contributed by atoms with van der Waals surface area (Å²) >= 11 is 3.34. The van der Waals surface area contributed by atoms with Gasteiger partial charge in [-0.25, -0.2) is 13.1 Å². The molecule has 0 heterocycles. The van der Waals surface area contributed by atoms with Crippen LogP contribution in [-0.4, -0.2) is 21.0 Å². The van der Waals surface area contributed by atoms with E-state index >= 15 is 0 Å². The topological polar surface area (TPSA) is 58.2 Å². The van der Waals surface area contributed by atoms with Crippen LogP contribution in [0.5, 0.6) is 0 Å². The molecular weight excluding hydrogens is 340 g/mol. The lowest BCUT2D eigenvalue weighted by molar-refractivity contribution is 0.383.